The van der Waals surface area contributed by atoms with E-state index in [9.17, 15) is 4.79 Å². The number of nitrogens with one attached hydrogen (secondary N) is 1. The minimum absolute atomic E-state index is 0.0860. The van der Waals surface area contributed by atoms with Crippen LogP contribution in [0.1, 0.15) is 19.3 Å². The third kappa shape index (κ3) is 1.91. The Morgan fingerprint density at radius 1 is 1.36 bits per heavy atom. The number of rotatable bonds is 2. The largest absolute Gasteiger partial charge is 0.381 e. The molecule has 0 radical (unpaired) electrons. The highest BCUT2D eigenvalue weighted by Gasteiger charge is 2.31. The molecule has 2 fully saturated rings. The molecule has 1 amide bonds. The minimum Gasteiger partial charge on any atom is -0.381 e. The lowest BCUT2D eigenvalue weighted by Crippen LogP contribution is -2.56. The van der Waals surface area contributed by atoms with Gasteiger partial charge in [-0.2, -0.15) is 0 Å². The highest BCUT2D eigenvalue weighted by atomic mass is 16.5. The first kappa shape index (κ1) is 9.93. The molecule has 0 aliphatic carbocycles. The van der Waals surface area contributed by atoms with Gasteiger partial charge in [-0.05, 0) is 25.8 Å². The molecule has 1 atom stereocenters. The second-order valence-electron chi connectivity index (χ2n) is 4.09. The lowest BCUT2D eigenvalue weighted by Gasteiger charge is -2.36. The average Bonchev–Trinajstić information content (AvgIpc) is 2.15. The molecule has 80 valence electrons. The maximum atomic E-state index is 11.8. The van der Waals surface area contributed by atoms with Crippen molar-refractivity contribution in [2.24, 2.45) is 0 Å². The summed E-state index contributed by atoms with van der Waals surface area (Å²) in [7, 11) is 1.92. The molecule has 2 heterocycles. The second kappa shape index (κ2) is 4.28. The molecule has 0 bridgehead atoms. The number of hydrogen-bond donors (Lipinski definition) is 1. The van der Waals surface area contributed by atoms with Gasteiger partial charge < -0.3 is 15.0 Å². The lowest BCUT2D eigenvalue weighted by atomic mass is 10.0. The van der Waals surface area contributed by atoms with Gasteiger partial charge in [0.25, 0.3) is 0 Å². The fourth-order valence-corrected chi connectivity index (χ4v) is 2.00. The van der Waals surface area contributed by atoms with E-state index in [2.05, 4.69) is 5.32 Å². The van der Waals surface area contributed by atoms with Crippen LogP contribution in [0.2, 0.25) is 0 Å². The van der Waals surface area contributed by atoms with E-state index in [1.807, 2.05) is 11.9 Å². The third-order valence-electron chi connectivity index (χ3n) is 3.21. The van der Waals surface area contributed by atoms with Crippen molar-refractivity contribution < 1.29 is 9.53 Å². The Bertz CT molecular complexity index is 210. The van der Waals surface area contributed by atoms with Crippen LogP contribution in [0.4, 0.5) is 0 Å². The van der Waals surface area contributed by atoms with Crippen molar-refractivity contribution in [1.82, 2.24) is 10.2 Å². The van der Waals surface area contributed by atoms with E-state index in [1.165, 1.54) is 0 Å². The van der Waals surface area contributed by atoms with Gasteiger partial charge in [0.1, 0.15) is 0 Å². The van der Waals surface area contributed by atoms with Crippen molar-refractivity contribution in [2.75, 3.05) is 26.8 Å². The van der Waals surface area contributed by atoms with Crippen LogP contribution in [0.25, 0.3) is 0 Å². The molecule has 0 aromatic carbocycles. The molecule has 2 saturated heterocycles. The van der Waals surface area contributed by atoms with Crippen molar-refractivity contribution in [3.8, 4) is 0 Å². The number of ether oxygens (including phenoxy) is 1. The number of carbonyl (C=O) groups is 1. The van der Waals surface area contributed by atoms with Gasteiger partial charge in [0, 0.05) is 26.3 Å². The van der Waals surface area contributed by atoms with E-state index in [0.29, 0.717) is 6.04 Å². The van der Waals surface area contributed by atoms with Crippen molar-refractivity contribution in [1.29, 1.82) is 0 Å². The van der Waals surface area contributed by atoms with Gasteiger partial charge in [0.05, 0.1) is 6.04 Å². The zero-order valence-electron chi connectivity index (χ0n) is 8.66. The maximum absolute atomic E-state index is 11.8. The third-order valence-corrected chi connectivity index (χ3v) is 3.21. The average molecular weight is 198 g/mol. The standard InChI is InChI=1S/C10H18N2O2/c1-12(8-3-6-14-7-4-8)10(13)9-2-5-11-9/h8-9,11H,2-7H2,1H3. The van der Waals surface area contributed by atoms with E-state index in [1.54, 1.807) is 0 Å². The molecule has 0 aromatic heterocycles. The molecule has 0 saturated carbocycles. The van der Waals surface area contributed by atoms with Crippen LogP contribution in [0, 0.1) is 0 Å². The molecule has 14 heavy (non-hydrogen) atoms. The maximum Gasteiger partial charge on any atom is 0.239 e. The number of carbonyl (C=O) groups excluding carboxylic acids is 1. The molecule has 2 aliphatic rings. The van der Waals surface area contributed by atoms with Crippen LogP contribution in [0.5, 0.6) is 0 Å². The summed E-state index contributed by atoms with van der Waals surface area (Å²) in [5.41, 5.74) is 0. The van der Waals surface area contributed by atoms with Crippen molar-refractivity contribution in [3.63, 3.8) is 0 Å². The van der Waals surface area contributed by atoms with Crippen LogP contribution in [0.15, 0.2) is 0 Å². The number of likely N-dealkylation sites (N-methyl/N-ethyl adjacent to an activating group) is 1. The summed E-state index contributed by atoms with van der Waals surface area (Å²) in [4.78, 5) is 13.7. The zero-order chi connectivity index (χ0) is 9.97. The Balaban J connectivity index is 1.85. The van der Waals surface area contributed by atoms with Gasteiger partial charge in [-0.15, -0.1) is 0 Å². The van der Waals surface area contributed by atoms with Crippen LogP contribution in [0.3, 0.4) is 0 Å². The molecule has 2 rings (SSSR count). The fourth-order valence-electron chi connectivity index (χ4n) is 2.00. The lowest BCUT2D eigenvalue weighted by molar-refractivity contribution is -0.137. The van der Waals surface area contributed by atoms with Gasteiger partial charge in [0.15, 0.2) is 0 Å². The molecular weight excluding hydrogens is 180 g/mol. The Morgan fingerprint density at radius 2 is 2.00 bits per heavy atom. The predicted molar refractivity (Wildman–Crippen MR) is 53.0 cm³/mol. The summed E-state index contributed by atoms with van der Waals surface area (Å²) < 4.78 is 5.28. The smallest absolute Gasteiger partial charge is 0.239 e. The summed E-state index contributed by atoms with van der Waals surface area (Å²) in [6.45, 7) is 2.57. The highest BCUT2D eigenvalue weighted by Crippen LogP contribution is 2.15. The van der Waals surface area contributed by atoms with Crippen LogP contribution < -0.4 is 5.32 Å². The van der Waals surface area contributed by atoms with E-state index < -0.39 is 0 Å². The molecule has 4 nitrogen and oxygen atoms in total. The van der Waals surface area contributed by atoms with Crippen LogP contribution in [-0.4, -0.2) is 49.7 Å². The normalized spacial score (nSPS) is 28.2. The first-order valence-electron chi connectivity index (χ1n) is 5.37. The summed E-state index contributed by atoms with van der Waals surface area (Å²) in [6, 6.07) is 0.474. The second-order valence-corrected chi connectivity index (χ2v) is 4.09. The van der Waals surface area contributed by atoms with Crippen molar-refractivity contribution in [2.45, 2.75) is 31.3 Å². The van der Waals surface area contributed by atoms with Crippen LogP contribution in [-0.2, 0) is 9.53 Å². The SMILES string of the molecule is CN(C(=O)C1CCN1)C1CCOCC1. The number of nitrogens with zero attached hydrogens (tertiary/aromatic N) is 1. The molecule has 2 aliphatic heterocycles. The van der Waals surface area contributed by atoms with E-state index in [0.717, 1.165) is 39.0 Å². The Kier molecular flexibility index (Phi) is 3.03. The topological polar surface area (TPSA) is 41.6 Å². The first-order chi connectivity index (χ1) is 6.79. The van der Waals surface area contributed by atoms with E-state index in [-0.39, 0.29) is 11.9 Å². The Labute approximate surface area is 84.6 Å². The molecule has 0 aromatic rings. The summed E-state index contributed by atoms with van der Waals surface area (Å²) in [5.74, 6) is 0.253. The van der Waals surface area contributed by atoms with Gasteiger partial charge >= 0.3 is 0 Å². The summed E-state index contributed by atoms with van der Waals surface area (Å²) in [5, 5.41) is 3.14. The molecule has 0 spiro atoms. The van der Waals surface area contributed by atoms with Crippen LogP contribution >= 0.6 is 0 Å². The Morgan fingerprint density at radius 3 is 2.50 bits per heavy atom. The summed E-state index contributed by atoms with van der Waals surface area (Å²) in [6.07, 6.45) is 2.95. The quantitative estimate of drug-likeness (QED) is 0.678. The van der Waals surface area contributed by atoms with Gasteiger partial charge in [-0.25, -0.2) is 0 Å². The minimum atomic E-state index is 0.0860. The van der Waals surface area contributed by atoms with Crippen molar-refractivity contribution >= 4 is 5.91 Å². The highest BCUT2D eigenvalue weighted by molar-refractivity contribution is 5.82. The summed E-state index contributed by atoms with van der Waals surface area (Å²) >= 11 is 0. The monoisotopic (exact) mass is 198 g/mol. The molecule has 4 heteroatoms. The van der Waals surface area contributed by atoms with Gasteiger partial charge in [0.2, 0.25) is 5.91 Å². The number of amides is 1. The van der Waals surface area contributed by atoms with E-state index >= 15 is 0 Å². The Hall–Kier alpha value is -0.610. The van der Waals surface area contributed by atoms with Gasteiger partial charge in [-0.1, -0.05) is 0 Å². The molecular formula is C10H18N2O2. The number of hydrogen-bond acceptors (Lipinski definition) is 3. The van der Waals surface area contributed by atoms with E-state index in [4.69, 9.17) is 4.74 Å². The predicted octanol–water partition coefficient (Wildman–Crippen LogP) is -0.0143. The van der Waals surface area contributed by atoms with Gasteiger partial charge in [-0.3, -0.25) is 4.79 Å². The van der Waals surface area contributed by atoms with Crippen molar-refractivity contribution in [3.05, 3.63) is 0 Å². The zero-order valence-corrected chi connectivity index (χ0v) is 8.66. The molecule has 1 unspecified atom stereocenters. The fraction of sp³-hybridized carbons (Fsp3) is 0.900. The molecule has 1 N–H and O–H groups in total. The first-order valence-corrected chi connectivity index (χ1v) is 5.37.